The normalized spacial score (nSPS) is 10.3. The zero-order chi connectivity index (χ0) is 15.0. The summed E-state index contributed by atoms with van der Waals surface area (Å²) in [5.41, 5.74) is 0.461. The first kappa shape index (κ1) is 17.2. The fourth-order valence-electron chi connectivity index (χ4n) is 1.64. The van der Waals surface area contributed by atoms with Crippen LogP contribution in [0, 0.1) is 0 Å². The summed E-state index contributed by atoms with van der Waals surface area (Å²) in [6, 6.07) is 1.80. The number of carbonyl (C=O) groups excluding carboxylic acids is 2. The predicted octanol–water partition coefficient (Wildman–Crippen LogP) is 3.99. The number of hydrogen-bond donors (Lipinski definition) is 1. The van der Waals surface area contributed by atoms with Crippen molar-refractivity contribution in [2.24, 2.45) is 0 Å². The van der Waals surface area contributed by atoms with E-state index in [4.69, 9.17) is 4.74 Å². The molecule has 0 saturated heterocycles. The van der Waals surface area contributed by atoms with E-state index in [-0.39, 0.29) is 11.9 Å². The molecule has 0 bridgehead atoms. The molecule has 0 unspecified atom stereocenters. The van der Waals surface area contributed by atoms with Crippen LogP contribution in [0.2, 0.25) is 0 Å². The van der Waals surface area contributed by atoms with Crippen LogP contribution in [0.15, 0.2) is 6.07 Å². The van der Waals surface area contributed by atoms with Crippen LogP contribution in [-0.2, 0) is 16.0 Å². The van der Waals surface area contributed by atoms with Gasteiger partial charge in [-0.3, -0.25) is 4.79 Å². The molecule has 1 N–H and O–H groups in total. The van der Waals surface area contributed by atoms with E-state index < -0.39 is 0 Å². The maximum absolute atomic E-state index is 11.9. The first-order valence-corrected chi connectivity index (χ1v) is 8.71. The Hall–Kier alpha value is -0.880. The summed E-state index contributed by atoms with van der Waals surface area (Å²) in [7, 11) is 0. The highest BCUT2D eigenvalue weighted by Crippen LogP contribution is 2.29. The number of aryl methyl sites for hydroxylation is 1. The van der Waals surface area contributed by atoms with E-state index in [9.17, 15) is 9.59 Å². The van der Waals surface area contributed by atoms with Crippen LogP contribution in [0.5, 0.6) is 0 Å². The van der Waals surface area contributed by atoms with Gasteiger partial charge in [0.25, 0.3) is 0 Å². The van der Waals surface area contributed by atoms with Gasteiger partial charge < -0.3 is 10.1 Å². The minimum absolute atomic E-state index is 0.0546. The van der Waals surface area contributed by atoms with Crippen LogP contribution < -0.4 is 5.32 Å². The molecule has 0 aromatic carbocycles. The third-order valence-electron chi connectivity index (χ3n) is 2.67. The molecular weight excluding hydrogens is 342 g/mol. The van der Waals surface area contributed by atoms with Crippen LogP contribution in [0.3, 0.4) is 0 Å². The van der Waals surface area contributed by atoms with Gasteiger partial charge in [-0.05, 0) is 32.3 Å². The standard InChI is InChI=1S/C14H20BrNO3S/c1-3-10-9-11(14(18)19-4-2)13(20-10)16-12(17)7-5-6-8-15/h9H,3-8H2,1-2H3,(H,16,17). The predicted molar refractivity (Wildman–Crippen MR) is 85.9 cm³/mol. The summed E-state index contributed by atoms with van der Waals surface area (Å²) >= 11 is 4.78. The second-order valence-corrected chi connectivity index (χ2v) is 6.15. The number of unbranched alkanes of at least 4 members (excludes halogenated alkanes) is 1. The number of alkyl halides is 1. The van der Waals surface area contributed by atoms with E-state index in [0.717, 1.165) is 29.5 Å². The van der Waals surface area contributed by atoms with Gasteiger partial charge in [0.1, 0.15) is 5.00 Å². The van der Waals surface area contributed by atoms with Gasteiger partial charge >= 0.3 is 5.97 Å². The molecule has 6 heteroatoms. The Morgan fingerprint density at radius 1 is 1.35 bits per heavy atom. The third kappa shape index (κ3) is 5.25. The number of ether oxygens (including phenoxy) is 1. The largest absolute Gasteiger partial charge is 0.462 e. The van der Waals surface area contributed by atoms with Crippen molar-refractivity contribution >= 4 is 44.1 Å². The molecule has 0 radical (unpaired) electrons. The second-order valence-electron chi connectivity index (χ2n) is 4.22. The molecule has 4 nitrogen and oxygen atoms in total. The number of anilines is 1. The maximum atomic E-state index is 11.9. The molecule has 0 saturated carbocycles. The molecule has 0 fully saturated rings. The number of amides is 1. The van der Waals surface area contributed by atoms with E-state index in [1.54, 1.807) is 13.0 Å². The van der Waals surface area contributed by atoms with Gasteiger partial charge in [-0.25, -0.2) is 4.79 Å². The van der Waals surface area contributed by atoms with Gasteiger partial charge in [0.2, 0.25) is 5.91 Å². The topological polar surface area (TPSA) is 55.4 Å². The fourth-order valence-corrected chi connectivity index (χ4v) is 3.04. The van der Waals surface area contributed by atoms with E-state index in [1.807, 2.05) is 6.92 Å². The molecule has 1 amide bonds. The van der Waals surface area contributed by atoms with Crippen molar-refractivity contribution in [3.05, 3.63) is 16.5 Å². The number of rotatable bonds is 8. The monoisotopic (exact) mass is 361 g/mol. The number of hydrogen-bond acceptors (Lipinski definition) is 4. The van der Waals surface area contributed by atoms with Crippen molar-refractivity contribution in [2.45, 2.75) is 39.5 Å². The highest BCUT2D eigenvalue weighted by atomic mass is 79.9. The molecule has 112 valence electrons. The Morgan fingerprint density at radius 3 is 2.70 bits per heavy atom. The highest BCUT2D eigenvalue weighted by molar-refractivity contribution is 9.09. The lowest BCUT2D eigenvalue weighted by molar-refractivity contribution is -0.116. The quantitative estimate of drug-likeness (QED) is 0.432. The van der Waals surface area contributed by atoms with Crippen molar-refractivity contribution in [1.82, 2.24) is 0 Å². The minimum atomic E-state index is -0.376. The summed E-state index contributed by atoms with van der Waals surface area (Å²) < 4.78 is 5.02. The maximum Gasteiger partial charge on any atom is 0.341 e. The van der Waals surface area contributed by atoms with Gasteiger partial charge in [-0.1, -0.05) is 22.9 Å². The molecule has 20 heavy (non-hydrogen) atoms. The SMILES string of the molecule is CCOC(=O)c1cc(CC)sc1NC(=O)CCCCBr. The van der Waals surface area contributed by atoms with Crippen LogP contribution in [0.1, 0.15) is 48.3 Å². The summed E-state index contributed by atoms with van der Waals surface area (Å²) in [5.74, 6) is -0.430. The zero-order valence-electron chi connectivity index (χ0n) is 11.8. The van der Waals surface area contributed by atoms with Crippen molar-refractivity contribution in [3.63, 3.8) is 0 Å². The molecule has 0 aliphatic heterocycles. The number of nitrogens with one attached hydrogen (secondary N) is 1. The second kappa shape index (κ2) is 9.13. The Morgan fingerprint density at radius 2 is 2.10 bits per heavy atom. The fraction of sp³-hybridized carbons (Fsp3) is 0.571. The van der Waals surface area contributed by atoms with Gasteiger partial charge in [0.05, 0.1) is 12.2 Å². The number of thiophene rings is 1. The van der Waals surface area contributed by atoms with E-state index >= 15 is 0 Å². The molecule has 1 aromatic heterocycles. The number of esters is 1. The molecular formula is C14H20BrNO3S. The third-order valence-corrected chi connectivity index (χ3v) is 4.42. The van der Waals surface area contributed by atoms with Crippen molar-refractivity contribution in [3.8, 4) is 0 Å². The van der Waals surface area contributed by atoms with Gasteiger partial charge in [0.15, 0.2) is 0 Å². The first-order valence-electron chi connectivity index (χ1n) is 6.78. The van der Waals surface area contributed by atoms with E-state index in [0.29, 0.717) is 23.6 Å². The van der Waals surface area contributed by atoms with Gasteiger partial charge in [0, 0.05) is 16.6 Å². The average molecular weight is 362 g/mol. The number of carbonyl (C=O) groups is 2. The van der Waals surface area contributed by atoms with Gasteiger partial charge in [-0.2, -0.15) is 0 Å². The molecule has 1 heterocycles. The Balaban J connectivity index is 2.74. The van der Waals surface area contributed by atoms with Crippen LogP contribution in [0.25, 0.3) is 0 Å². The highest BCUT2D eigenvalue weighted by Gasteiger charge is 2.18. The molecule has 1 aromatic rings. The zero-order valence-corrected chi connectivity index (χ0v) is 14.2. The lowest BCUT2D eigenvalue weighted by atomic mass is 10.2. The van der Waals surface area contributed by atoms with Crippen molar-refractivity contribution < 1.29 is 14.3 Å². The van der Waals surface area contributed by atoms with E-state index in [2.05, 4.69) is 21.2 Å². The lowest BCUT2D eigenvalue weighted by Gasteiger charge is -2.05. The summed E-state index contributed by atoms with van der Waals surface area (Å²) in [5, 5.41) is 4.32. The van der Waals surface area contributed by atoms with E-state index in [1.165, 1.54) is 11.3 Å². The first-order chi connectivity index (χ1) is 9.62. The van der Waals surface area contributed by atoms with Crippen molar-refractivity contribution in [1.29, 1.82) is 0 Å². The Bertz CT molecular complexity index is 459. The van der Waals surface area contributed by atoms with Crippen LogP contribution in [-0.4, -0.2) is 23.8 Å². The Kier molecular flexibility index (Phi) is 7.84. The van der Waals surface area contributed by atoms with Gasteiger partial charge in [-0.15, -0.1) is 11.3 Å². The van der Waals surface area contributed by atoms with Crippen molar-refractivity contribution in [2.75, 3.05) is 17.3 Å². The summed E-state index contributed by atoms with van der Waals surface area (Å²) in [6.45, 7) is 4.11. The molecule has 0 aliphatic carbocycles. The average Bonchev–Trinajstić information content (AvgIpc) is 2.82. The number of halogens is 1. The lowest BCUT2D eigenvalue weighted by Crippen LogP contribution is -2.13. The Labute approximate surface area is 132 Å². The van der Waals surface area contributed by atoms with Crippen LogP contribution in [0.4, 0.5) is 5.00 Å². The molecule has 1 rings (SSSR count). The summed E-state index contributed by atoms with van der Waals surface area (Å²) in [4.78, 5) is 24.8. The summed E-state index contributed by atoms with van der Waals surface area (Å²) in [6.07, 6.45) is 3.09. The molecule has 0 aliphatic rings. The minimum Gasteiger partial charge on any atom is -0.462 e. The molecule has 0 spiro atoms. The molecule has 0 atom stereocenters. The smallest absolute Gasteiger partial charge is 0.341 e. The van der Waals surface area contributed by atoms with Crippen LogP contribution >= 0.6 is 27.3 Å².